The number of nitrogens with zero attached hydrogens (tertiary/aromatic N) is 3. The molecule has 2 atom stereocenters. The molecule has 238 valence electrons. The van der Waals surface area contributed by atoms with Crippen molar-refractivity contribution in [3.63, 3.8) is 0 Å². The summed E-state index contributed by atoms with van der Waals surface area (Å²) in [6.07, 6.45) is 24.2. The van der Waals surface area contributed by atoms with Crippen LogP contribution in [-0.2, 0) is 25.5 Å². The van der Waals surface area contributed by atoms with Crippen LogP contribution in [0.1, 0.15) is 136 Å². The number of carbonyl (C=O) groups is 2. The molecular weight excluding hydrogens is 530 g/mol. The van der Waals surface area contributed by atoms with Crippen molar-refractivity contribution in [2.24, 2.45) is 17.6 Å². The van der Waals surface area contributed by atoms with Crippen LogP contribution in [0.2, 0.25) is 0 Å². The lowest BCUT2D eigenvalue weighted by Gasteiger charge is -2.19. The Bertz CT molecular complexity index is 996. The third kappa shape index (κ3) is 15.6. The van der Waals surface area contributed by atoms with Crippen LogP contribution in [-0.4, -0.2) is 51.1 Å². The molecular formula is C33H57N5O4. The fourth-order valence-electron chi connectivity index (χ4n) is 4.99. The Balaban J connectivity index is 1.57. The molecule has 0 saturated heterocycles. The van der Waals surface area contributed by atoms with Crippen LogP contribution >= 0.6 is 0 Å². The Morgan fingerprint density at radius 2 is 1.45 bits per heavy atom. The number of hydrogen-bond acceptors (Lipinski definition) is 8. The number of ether oxygens (including phenoxy) is 2. The van der Waals surface area contributed by atoms with E-state index in [0.717, 1.165) is 18.4 Å². The van der Waals surface area contributed by atoms with Gasteiger partial charge in [0.2, 0.25) is 0 Å². The van der Waals surface area contributed by atoms with Gasteiger partial charge in [-0.05, 0) is 18.8 Å². The van der Waals surface area contributed by atoms with Gasteiger partial charge in [0.25, 0.3) is 0 Å². The maximum atomic E-state index is 12.3. The number of H-pyrrole nitrogens is 1. The summed E-state index contributed by atoms with van der Waals surface area (Å²) in [5, 5.41) is 0. The summed E-state index contributed by atoms with van der Waals surface area (Å²) < 4.78 is 11.0. The summed E-state index contributed by atoms with van der Waals surface area (Å²) >= 11 is 0. The Hall–Kier alpha value is -2.55. The molecule has 2 heterocycles. The van der Waals surface area contributed by atoms with Gasteiger partial charge >= 0.3 is 11.9 Å². The Labute approximate surface area is 253 Å². The van der Waals surface area contributed by atoms with Crippen LogP contribution in [0.5, 0.6) is 0 Å². The van der Waals surface area contributed by atoms with Crippen molar-refractivity contribution < 1.29 is 19.1 Å². The van der Waals surface area contributed by atoms with Gasteiger partial charge in [-0.3, -0.25) is 9.59 Å². The van der Waals surface area contributed by atoms with Gasteiger partial charge in [0.15, 0.2) is 5.65 Å². The number of carbonyl (C=O) groups excluding carboxylic acids is 2. The van der Waals surface area contributed by atoms with Gasteiger partial charge in [0.1, 0.15) is 17.4 Å². The van der Waals surface area contributed by atoms with E-state index in [9.17, 15) is 9.59 Å². The highest BCUT2D eigenvalue weighted by Gasteiger charge is 2.22. The minimum atomic E-state index is -0.671. The van der Waals surface area contributed by atoms with Crippen molar-refractivity contribution in [1.29, 1.82) is 0 Å². The topological polar surface area (TPSA) is 133 Å². The second kappa shape index (κ2) is 22.1. The summed E-state index contributed by atoms with van der Waals surface area (Å²) in [4.78, 5) is 40.7. The molecule has 0 bridgehead atoms. The zero-order valence-corrected chi connectivity index (χ0v) is 26.6. The SMILES string of the molecule is CCCCCCCCCCCCCCCCCC(=O)OCCC(COC(=O)[C@@H](N)C(C)C)Cc1ncc2[nH]cnc2n1. The van der Waals surface area contributed by atoms with Gasteiger partial charge < -0.3 is 20.2 Å². The van der Waals surface area contributed by atoms with Crippen molar-refractivity contribution in [3.05, 3.63) is 18.3 Å². The second-order valence-electron chi connectivity index (χ2n) is 12.1. The molecule has 2 aromatic rings. The van der Waals surface area contributed by atoms with Gasteiger partial charge in [-0.15, -0.1) is 0 Å². The number of imidazole rings is 1. The highest BCUT2D eigenvalue weighted by molar-refractivity contribution is 5.75. The van der Waals surface area contributed by atoms with Crippen LogP contribution in [0, 0.1) is 11.8 Å². The van der Waals surface area contributed by atoms with Crippen LogP contribution in [0.15, 0.2) is 12.5 Å². The highest BCUT2D eigenvalue weighted by atomic mass is 16.5. The summed E-state index contributed by atoms with van der Waals surface area (Å²) in [5.74, 6) is -0.112. The molecule has 2 aromatic heterocycles. The summed E-state index contributed by atoms with van der Waals surface area (Å²) in [7, 11) is 0. The average Bonchev–Trinajstić information content (AvgIpc) is 3.45. The highest BCUT2D eigenvalue weighted by Crippen LogP contribution is 2.16. The van der Waals surface area contributed by atoms with Crippen molar-refractivity contribution in [2.75, 3.05) is 13.2 Å². The first-order chi connectivity index (χ1) is 20.4. The number of esters is 2. The van der Waals surface area contributed by atoms with E-state index >= 15 is 0 Å². The van der Waals surface area contributed by atoms with Crippen molar-refractivity contribution >= 4 is 23.1 Å². The molecule has 0 amide bonds. The molecule has 0 saturated carbocycles. The van der Waals surface area contributed by atoms with E-state index in [0.29, 0.717) is 30.7 Å². The second-order valence-corrected chi connectivity index (χ2v) is 12.1. The van der Waals surface area contributed by atoms with E-state index in [4.69, 9.17) is 15.2 Å². The molecule has 0 spiro atoms. The minimum Gasteiger partial charge on any atom is -0.466 e. The number of rotatable bonds is 25. The van der Waals surface area contributed by atoms with Crippen molar-refractivity contribution in [3.8, 4) is 0 Å². The predicted octanol–water partition coefficient (Wildman–Crippen LogP) is 7.23. The fraction of sp³-hybridized carbons (Fsp3) is 0.788. The van der Waals surface area contributed by atoms with Crippen LogP contribution in [0.4, 0.5) is 0 Å². The van der Waals surface area contributed by atoms with E-state index in [1.165, 1.54) is 83.5 Å². The molecule has 0 aliphatic carbocycles. The smallest absolute Gasteiger partial charge is 0.323 e. The van der Waals surface area contributed by atoms with Gasteiger partial charge in [-0.25, -0.2) is 15.0 Å². The Morgan fingerprint density at radius 1 is 0.857 bits per heavy atom. The zero-order valence-electron chi connectivity index (χ0n) is 26.6. The predicted molar refractivity (Wildman–Crippen MR) is 168 cm³/mol. The molecule has 0 radical (unpaired) electrons. The quantitative estimate of drug-likeness (QED) is 0.0918. The fourth-order valence-corrected chi connectivity index (χ4v) is 4.99. The molecule has 1 unspecified atom stereocenters. The van der Waals surface area contributed by atoms with E-state index in [1.807, 2.05) is 13.8 Å². The van der Waals surface area contributed by atoms with Gasteiger partial charge in [-0.1, -0.05) is 111 Å². The molecule has 3 N–H and O–H groups in total. The lowest BCUT2D eigenvalue weighted by molar-refractivity contribution is -0.149. The number of hydrogen-bond donors (Lipinski definition) is 2. The van der Waals surface area contributed by atoms with Gasteiger partial charge in [-0.2, -0.15) is 0 Å². The largest absolute Gasteiger partial charge is 0.466 e. The summed E-state index contributed by atoms with van der Waals surface area (Å²) in [5.41, 5.74) is 7.29. The molecule has 0 aliphatic heterocycles. The number of unbranched alkanes of at least 4 members (excludes halogenated alkanes) is 14. The number of fused-ring (bicyclic) bond motifs is 1. The first-order valence-electron chi connectivity index (χ1n) is 16.6. The maximum absolute atomic E-state index is 12.3. The molecule has 0 aliphatic rings. The number of aromatic nitrogens is 4. The third-order valence-electron chi connectivity index (χ3n) is 7.92. The number of aromatic amines is 1. The van der Waals surface area contributed by atoms with E-state index < -0.39 is 12.0 Å². The van der Waals surface area contributed by atoms with Crippen molar-refractivity contribution in [1.82, 2.24) is 19.9 Å². The zero-order chi connectivity index (χ0) is 30.4. The number of nitrogens with one attached hydrogen (secondary N) is 1. The van der Waals surface area contributed by atoms with E-state index in [-0.39, 0.29) is 31.0 Å². The third-order valence-corrected chi connectivity index (χ3v) is 7.92. The van der Waals surface area contributed by atoms with Crippen LogP contribution in [0.3, 0.4) is 0 Å². The molecule has 0 fully saturated rings. The lowest BCUT2D eigenvalue weighted by atomic mass is 10.0. The Kier molecular flexibility index (Phi) is 18.7. The van der Waals surface area contributed by atoms with Crippen molar-refractivity contribution in [2.45, 2.75) is 142 Å². The summed E-state index contributed by atoms with van der Waals surface area (Å²) in [6, 6.07) is -0.671. The maximum Gasteiger partial charge on any atom is 0.323 e. The Morgan fingerprint density at radius 3 is 2.05 bits per heavy atom. The number of nitrogens with two attached hydrogens (primary N) is 1. The minimum absolute atomic E-state index is 0.0120. The molecule has 42 heavy (non-hydrogen) atoms. The van der Waals surface area contributed by atoms with Gasteiger partial charge in [0, 0.05) is 18.8 Å². The molecule has 0 aromatic carbocycles. The average molecular weight is 588 g/mol. The standard InChI is InChI=1S/C33H57N5O4/c1-4-5-6-7-8-9-10-11-12-13-14-15-16-17-18-19-30(39)41-21-20-27(24-42-33(40)31(34)26(2)3)22-29-35-23-28-32(38-29)37-25-36-28/h23,25-27,31H,4-22,24,34H2,1-3H3,(H,35,36,37,38)/t27?,31-/m0/s1. The van der Waals surface area contributed by atoms with E-state index in [2.05, 4.69) is 26.9 Å². The van der Waals surface area contributed by atoms with Crippen LogP contribution < -0.4 is 5.73 Å². The lowest BCUT2D eigenvalue weighted by Crippen LogP contribution is -2.38. The first-order valence-corrected chi connectivity index (χ1v) is 16.6. The monoisotopic (exact) mass is 587 g/mol. The molecule has 2 rings (SSSR count). The van der Waals surface area contributed by atoms with Crippen LogP contribution in [0.25, 0.3) is 11.2 Å². The van der Waals surface area contributed by atoms with Gasteiger partial charge in [0.05, 0.1) is 25.7 Å². The molecule has 9 nitrogen and oxygen atoms in total. The first kappa shape index (κ1) is 35.6. The van der Waals surface area contributed by atoms with E-state index in [1.54, 1.807) is 12.5 Å². The molecule has 9 heteroatoms. The normalized spacial score (nSPS) is 13.0. The summed E-state index contributed by atoms with van der Waals surface area (Å²) in [6.45, 7) is 6.46.